The molecule has 0 atom stereocenters. The summed E-state index contributed by atoms with van der Waals surface area (Å²) in [6.45, 7) is 9.07. The van der Waals surface area contributed by atoms with Crippen LogP contribution in [-0.2, 0) is 0 Å². The molecule has 0 aromatic carbocycles. The highest BCUT2D eigenvalue weighted by Gasteiger charge is 2.14. The van der Waals surface area contributed by atoms with E-state index in [4.69, 9.17) is 0 Å². The Hall–Kier alpha value is -1.27. The van der Waals surface area contributed by atoms with Crippen molar-refractivity contribution in [3.63, 3.8) is 0 Å². The molecule has 0 radical (unpaired) electrons. The van der Waals surface area contributed by atoms with Crippen molar-refractivity contribution < 1.29 is 0 Å². The second-order valence-corrected chi connectivity index (χ2v) is 9.99. The van der Waals surface area contributed by atoms with E-state index in [-0.39, 0.29) is 0 Å². The summed E-state index contributed by atoms with van der Waals surface area (Å²) in [7, 11) is -1.28. The third kappa shape index (κ3) is 2.86. The smallest absolute Gasteiger partial charge is 0.129 e. The Morgan fingerprint density at radius 2 is 2.00 bits per heavy atom. The van der Waals surface area contributed by atoms with E-state index in [1.54, 1.807) is 0 Å². The first-order chi connectivity index (χ1) is 7.54. The molecule has 84 valence electrons. The van der Waals surface area contributed by atoms with Crippen molar-refractivity contribution in [2.24, 2.45) is 0 Å². The van der Waals surface area contributed by atoms with Crippen LogP contribution in [0, 0.1) is 11.5 Å². The fourth-order valence-corrected chi connectivity index (χ4v) is 1.98. The van der Waals surface area contributed by atoms with Crippen molar-refractivity contribution in [1.29, 1.82) is 0 Å². The van der Waals surface area contributed by atoms with Gasteiger partial charge >= 0.3 is 0 Å². The van der Waals surface area contributed by atoms with Gasteiger partial charge in [-0.05, 0) is 18.6 Å². The van der Waals surface area contributed by atoms with Crippen LogP contribution in [0.5, 0.6) is 0 Å². The highest BCUT2D eigenvalue weighted by Crippen LogP contribution is 2.18. The molecule has 1 aliphatic rings. The molecule has 3 heteroatoms. The molecule has 16 heavy (non-hydrogen) atoms. The highest BCUT2D eigenvalue weighted by atomic mass is 28.3. The number of hydrogen-bond donors (Lipinski definition) is 0. The number of nitrogens with zero attached hydrogens (tertiary/aromatic N) is 2. The Balaban J connectivity index is 2.09. The first-order valence-corrected chi connectivity index (χ1v) is 9.29. The molecule has 1 fully saturated rings. The SMILES string of the molecule is C[Si](C)(C)C#Cc1ccc(N2CCC2)cn1. The van der Waals surface area contributed by atoms with Crippen molar-refractivity contribution in [2.75, 3.05) is 18.0 Å². The zero-order valence-corrected chi connectivity index (χ0v) is 11.2. The van der Waals surface area contributed by atoms with E-state index in [0.717, 1.165) is 5.69 Å². The average molecular weight is 230 g/mol. The van der Waals surface area contributed by atoms with E-state index in [9.17, 15) is 0 Å². The van der Waals surface area contributed by atoms with Crippen LogP contribution < -0.4 is 4.90 Å². The zero-order chi connectivity index (χ0) is 11.6. The Labute approximate surface area is 98.7 Å². The lowest BCUT2D eigenvalue weighted by Gasteiger charge is -2.32. The second kappa shape index (κ2) is 4.30. The van der Waals surface area contributed by atoms with Crippen LogP contribution >= 0.6 is 0 Å². The Bertz CT molecular complexity index is 416. The van der Waals surface area contributed by atoms with Crippen molar-refractivity contribution in [2.45, 2.75) is 26.1 Å². The van der Waals surface area contributed by atoms with E-state index in [2.05, 4.69) is 47.1 Å². The minimum absolute atomic E-state index is 0.895. The number of aromatic nitrogens is 1. The van der Waals surface area contributed by atoms with Crippen LogP contribution in [-0.4, -0.2) is 26.1 Å². The molecular formula is C13H18N2Si. The van der Waals surface area contributed by atoms with Gasteiger partial charge in [-0.15, -0.1) is 5.54 Å². The molecule has 1 saturated heterocycles. The molecule has 0 amide bonds. The van der Waals surface area contributed by atoms with Gasteiger partial charge in [0.1, 0.15) is 13.8 Å². The van der Waals surface area contributed by atoms with E-state index in [1.807, 2.05) is 12.3 Å². The molecule has 2 rings (SSSR count). The summed E-state index contributed by atoms with van der Waals surface area (Å²) in [5.41, 5.74) is 5.45. The maximum absolute atomic E-state index is 4.39. The monoisotopic (exact) mass is 230 g/mol. The number of rotatable bonds is 1. The summed E-state index contributed by atoms with van der Waals surface area (Å²) >= 11 is 0. The van der Waals surface area contributed by atoms with Gasteiger partial charge in [0.15, 0.2) is 0 Å². The van der Waals surface area contributed by atoms with Gasteiger partial charge in [-0.3, -0.25) is 0 Å². The summed E-state index contributed by atoms with van der Waals surface area (Å²) in [6, 6.07) is 4.15. The van der Waals surface area contributed by atoms with Gasteiger partial charge in [-0.1, -0.05) is 25.6 Å². The summed E-state index contributed by atoms with van der Waals surface area (Å²) in [5, 5.41) is 0. The topological polar surface area (TPSA) is 16.1 Å². The van der Waals surface area contributed by atoms with Crippen LogP contribution in [0.3, 0.4) is 0 Å². The standard InChI is InChI=1S/C13H18N2Si/c1-16(2,3)10-7-12-5-6-13(11-14-12)15-8-4-9-15/h5-6,11H,4,8-9H2,1-3H3. The molecule has 0 spiro atoms. The largest absolute Gasteiger partial charge is 0.370 e. The number of hydrogen-bond acceptors (Lipinski definition) is 2. The Morgan fingerprint density at radius 3 is 2.44 bits per heavy atom. The zero-order valence-electron chi connectivity index (χ0n) is 10.2. The average Bonchev–Trinajstić information content (AvgIpc) is 2.13. The number of pyridine rings is 1. The van der Waals surface area contributed by atoms with Crippen LogP contribution in [0.4, 0.5) is 5.69 Å². The lowest BCUT2D eigenvalue weighted by Crippen LogP contribution is -2.36. The van der Waals surface area contributed by atoms with Crippen LogP contribution in [0.2, 0.25) is 19.6 Å². The molecular weight excluding hydrogens is 212 g/mol. The van der Waals surface area contributed by atoms with Gasteiger partial charge in [-0.25, -0.2) is 4.98 Å². The third-order valence-corrected chi connectivity index (χ3v) is 3.41. The van der Waals surface area contributed by atoms with Gasteiger partial charge in [0.2, 0.25) is 0 Å². The van der Waals surface area contributed by atoms with Gasteiger partial charge < -0.3 is 4.90 Å². The molecule has 1 aromatic heterocycles. The predicted molar refractivity (Wildman–Crippen MR) is 71.3 cm³/mol. The molecule has 0 unspecified atom stereocenters. The molecule has 2 nitrogen and oxygen atoms in total. The molecule has 1 aromatic rings. The van der Waals surface area contributed by atoms with Crippen molar-refractivity contribution in [1.82, 2.24) is 4.98 Å². The third-order valence-electron chi connectivity index (χ3n) is 2.53. The quantitative estimate of drug-likeness (QED) is 0.544. The van der Waals surface area contributed by atoms with Gasteiger partial charge in [0.05, 0.1) is 11.9 Å². The second-order valence-electron chi connectivity index (χ2n) is 5.24. The summed E-state index contributed by atoms with van der Waals surface area (Å²) < 4.78 is 0. The van der Waals surface area contributed by atoms with E-state index in [0.29, 0.717) is 0 Å². The molecule has 0 saturated carbocycles. The lowest BCUT2D eigenvalue weighted by atomic mass is 10.2. The molecule has 0 bridgehead atoms. The fourth-order valence-electron chi connectivity index (χ4n) is 1.47. The maximum atomic E-state index is 4.39. The lowest BCUT2D eigenvalue weighted by molar-refractivity contribution is 0.616. The van der Waals surface area contributed by atoms with E-state index < -0.39 is 8.07 Å². The van der Waals surface area contributed by atoms with Crippen molar-refractivity contribution in [3.8, 4) is 11.5 Å². The Morgan fingerprint density at radius 1 is 1.25 bits per heavy atom. The molecule has 0 aliphatic carbocycles. The van der Waals surface area contributed by atoms with Gasteiger partial charge in [0.25, 0.3) is 0 Å². The highest BCUT2D eigenvalue weighted by molar-refractivity contribution is 6.83. The fraction of sp³-hybridized carbons (Fsp3) is 0.462. The van der Waals surface area contributed by atoms with Gasteiger partial charge in [-0.2, -0.15) is 0 Å². The molecule has 1 aliphatic heterocycles. The van der Waals surface area contributed by atoms with Gasteiger partial charge in [0, 0.05) is 13.1 Å². The normalized spacial score (nSPS) is 15.1. The predicted octanol–water partition coefficient (Wildman–Crippen LogP) is 2.52. The van der Waals surface area contributed by atoms with Crippen LogP contribution in [0.15, 0.2) is 18.3 Å². The van der Waals surface area contributed by atoms with Crippen LogP contribution in [0.1, 0.15) is 12.1 Å². The maximum Gasteiger partial charge on any atom is 0.129 e. The minimum Gasteiger partial charge on any atom is -0.370 e. The summed E-state index contributed by atoms with van der Waals surface area (Å²) in [4.78, 5) is 6.73. The van der Waals surface area contributed by atoms with Crippen molar-refractivity contribution in [3.05, 3.63) is 24.0 Å². The Kier molecular flexibility index (Phi) is 3.02. The van der Waals surface area contributed by atoms with Crippen LogP contribution in [0.25, 0.3) is 0 Å². The van der Waals surface area contributed by atoms with E-state index in [1.165, 1.54) is 25.2 Å². The van der Waals surface area contributed by atoms with Crippen molar-refractivity contribution >= 4 is 13.8 Å². The first kappa shape index (κ1) is 11.2. The minimum atomic E-state index is -1.28. The summed E-state index contributed by atoms with van der Waals surface area (Å²) in [6.07, 6.45) is 3.24. The van der Waals surface area contributed by atoms with E-state index >= 15 is 0 Å². The summed E-state index contributed by atoms with van der Waals surface area (Å²) in [5.74, 6) is 3.17. The molecule has 2 heterocycles. The first-order valence-electron chi connectivity index (χ1n) is 5.79. The molecule has 0 N–H and O–H groups in total. The number of anilines is 1.